The van der Waals surface area contributed by atoms with Crippen molar-refractivity contribution in [3.8, 4) is 0 Å². The minimum Gasteiger partial charge on any atom is -0.354 e. The fourth-order valence-electron chi connectivity index (χ4n) is 3.52. The predicted octanol–water partition coefficient (Wildman–Crippen LogP) is 3.15. The molecule has 0 radical (unpaired) electrons. The van der Waals surface area contributed by atoms with E-state index in [9.17, 15) is 13.2 Å². The van der Waals surface area contributed by atoms with Crippen molar-refractivity contribution in [3.63, 3.8) is 0 Å². The van der Waals surface area contributed by atoms with Crippen LogP contribution in [0.15, 0.2) is 18.2 Å². The zero-order chi connectivity index (χ0) is 18.6. The Morgan fingerprint density at radius 3 is 2.48 bits per heavy atom. The Kier molecular flexibility index (Phi) is 6.49. The van der Waals surface area contributed by atoms with Crippen LogP contribution in [0.1, 0.15) is 50.2 Å². The third-order valence-electron chi connectivity index (χ3n) is 4.98. The third-order valence-corrected chi connectivity index (χ3v) is 6.21. The van der Waals surface area contributed by atoms with Crippen molar-refractivity contribution in [2.24, 2.45) is 5.92 Å². The van der Waals surface area contributed by atoms with Gasteiger partial charge in [-0.1, -0.05) is 31.4 Å². The lowest BCUT2D eigenvalue weighted by atomic mass is 9.89. The molecule has 0 saturated heterocycles. The van der Waals surface area contributed by atoms with Crippen molar-refractivity contribution in [2.45, 2.75) is 58.9 Å². The zero-order valence-electron chi connectivity index (χ0n) is 15.7. The van der Waals surface area contributed by atoms with Gasteiger partial charge in [0, 0.05) is 6.54 Å². The lowest BCUT2D eigenvalue weighted by Gasteiger charge is -2.30. The molecule has 140 valence electrons. The lowest BCUT2D eigenvalue weighted by Crippen LogP contribution is -2.49. The molecule has 0 spiro atoms. The number of benzene rings is 1. The number of amides is 1. The van der Waals surface area contributed by atoms with Crippen molar-refractivity contribution in [3.05, 3.63) is 29.3 Å². The number of nitrogens with zero attached hydrogens (tertiary/aromatic N) is 1. The quantitative estimate of drug-likeness (QED) is 0.841. The van der Waals surface area contributed by atoms with E-state index in [0.29, 0.717) is 18.2 Å². The van der Waals surface area contributed by atoms with E-state index in [1.807, 2.05) is 32.0 Å². The number of anilines is 1. The van der Waals surface area contributed by atoms with Gasteiger partial charge in [0.15, 0.2) is 0 Å². The minimum atomic E-state index is -3.57. The second-order valence-electron chi connectivity index (χ2n) is 7.27. The second kappa shape index (κ2) is 8.21. The van der Waals surface area contributed by atoms with Gasteiger partial charge in [-0.15, -0.1) is 0 Å². The van der Waals surface area contributed by atoms with Gasteiger partial charge in [-0.2, -0.15) is 0 Å². The van der Waals surface area contributed by atoms with E-state index in [0.717, 1.165) is 30.2 Å². The standard InChI is InChI=1S/C19H30N2O3S/c1-14-10-11-15(2)18(12-14)21(25(4,23)24)16(3)19(22)20-13-17-8-6-5-7-9-17/h10-12,16-17H,5-9,13H2,1-4H3,(H,20,22)/t16-/m1/s1. The van der Waals surface area contributed by atoms with Gasteiger partial charge >= 0.3 is 0 Å². The maximum atomic E-state index is 12.6. The first-order valence-electron chi connectivity index (χ1n) is 9.04. The highest BCUT2D eigenvalue weighted by Crippen LogP contribution is 2.27. The van der Waals surface area contributed by atoms with E-state index in [-0.39, 0.29) is 5.91 Å². The van der Waals surface area contributed by atoms with Crippen LogP contribution in [-0.2, 0) is 14.8 Å². The van der Waals surface area contributed by atoms with Gasteiger partial charge in [-0.05, 0) is 56.7 Å². The van der Waals surface area contributed by atoms with Gasteiger partial charge in [-0.25, -0.2) is 8.42 Å². The average Bonchev–Trinajstić information content (AvgIpc) is 2.55. The summed E-state index contributed by atoms with van der Waals surface area (Å²) in [4.78, 5) is 12.6. The molecule has 1 amide bonds. The molecule has 1 aliphatic carbocycles. The Balaban J connectivity index is 2.16. The molecule has 0 heterocycles. The van der Waals surface area contributed by atoms with E-state index < -0.39 is 16.1 Å². The highest BCUT2D eigenvalue weighted by atomic mass is 32.2. The number of rotatable bonds is 6. The number of aryl methyl sites for hydroxylation is 2. The second-order valence-corrected chi connectivity index (χ2v) is 9.13. The Hall–Kier alpha value is -1.56. The molecule has 0 unspecified atom stereocenters. The molecule has 5 nitrogen and oxygen atoms in total. The largest absolute Gasteiger partial charge is 0.354 e. The summed E-state index contributed by atoms with van der Waals surface area (Å²) in [5.41, 5.74) is 2.37. The molecule has 1 fully saturated rings. The molecule has 0 aliphatic heterocycles. The van der Waals surface area contributed by atoms with Gasteiger partial charge in [-0.3, -0.25) is 9.10 Å². The number of hydrogen-bond acceptors (Lipinski definition) is 3. The molecule has 6 heteroatoms. The van der Waals surface area contributed by atoms with Crippen LogP contribution in [0.25, 0.3) is 0 Å². The molecule has 1 aromatic rings. The molecular weight excluding hydrogens is 336 g/mol. The molecular formula is C19H30N2O3S. The third kappa shape index (κ3) is 5.21. The van der Waals surface area contributed by atoms with Gasteiger partial charge < -0.3 is 5.32 Å². The Morgan fingerprint density at radius 1 is 1.24 bits per heavy atom. The first-order chi connectivity index (χ1) is 11.7. The first-order valence-corrected chi connectivity index (χ1v) is 10.9. The minimum absolute atomic E-state index is 0.239. The first kappa shape index (κ1) is 19.8. The van der Waals surface area contributed by atoms with Crippen LogP contribution in [0.3, 0.4) is 0 Å². The van der Waals surface area contributed by atoms with Crippen molar-refractivity contribution in [1.82, 2.24) is 5.32 Å². The molecule has 1 saturated carbocycles. The Morgan fingerprint density at radius 2 is 1.88 bits per heavy atom. The van der Waals surface area contributed by atoms with Crippen molar-refractivity contribution >= 4 is 21.6 Å². The topological polar surface area (TPSA) is 66.5 Å². The van der Waals surface area contributed by atoms with Crippen LogP contribution in [-0.4, -0.2) is 33.2 Å². The maximum absolute atomic E-state index is 12.6. The number of hydrogen-bond donors (Lipinski definition) is 1. The summed E-state index contributed by atoms with van der Waals surface area (Å²) in [6.07, 6.45) is 7.14. The van der Waals surface area contributed by atoms with E-state index in [1.54, 1.807) is 6.92 Å². The van der Waals surface area contributed by atoms with Crippen molar-refractivity contribution in [1.29, 1.82) is 0 Å². The van der Waals surface area contributed by atoms with Crippen molar-refractivity contribution in [2.75, 3.05) is 17.1 Å². The summed E-state index contributed by atoms with van der Waals surface area (Å²) < 4.78 is 26.0. The van der Waals surface area contributed by atoms with Crippen LogP contribution in [0.5, 0.6) is 0 Å². The smallest absolute Gasteiger partial charge is 0.243 e. The van der Waals surface area contributed by atoms with E-state index in [2.05, 4.69) is 5.32 Å². The number of carbonyl (C=O) groups excluding carboxylic acids is 1. The summed E-state index contributed by atoms with van der Waals surface area (Å²) in [5.74, 6) is 0.272. The summed E-state index contributed by atoms with van der Waals surface area (Å²) >= 11 is 0. The molecule has 0 aromatic heterocycles. The summed E-state index contributed by atoms with van der Waals surface area (Å²) in [6.45, 7) is 6.06. The van der Waals surface area contributed by atoms with E-state index in [4.69, 9.17) is 0 Å². The number of carbonyl (C=O) groups is 1. The van der Waals surface area contributed by atoms with Crippen LogP contribution < -0.4 is 9.62 Å². The fraction of sp³-hybridized carbons (Fsp3) is 0.632. The summed E-state index contributed by atoms with van der Waals surface area (Å²) in [6, 6.07) is 4.86. The highest BCUT2D eigenvalue weighted by Gasteiger charge is 2.30. The zero-order valence-corrected chi connectivity index (χ0v) is 16.5. The summed E-state index contributed by atoms with van der Waals surface area (Å²) in [5, 5.41) is 2.96. The van der Waals surface area contributed by atoms with Crippen LogP contribution in [0.4, 0.5) is 5.69 Å². The van der Waals surface area contributed by atoms with E-state index >= 15 is 0 Å². The number of sulfonamides is 1. The van der Waals surface area contributed by atoms with Gasteiger partial charge in [0.25, 0.3) is 0 Å². The van der Waals surface area contributed by atoms with Gasteiger partial charge in [0.2, 0.25) is 15.9 Å². The molecule has 2 rings (SSSR count). The SMILES string of the molecule is Cc1ccc(C)c(N([C@H](C)C(=O)NCC2CCCCC2)S(C)(=O)=O)c1. The predicted molar refractivity (Wildman–Crippen MR) is 102 cm³/mol. The van der Waals surface area contributed by atoms with Crippen LogP contribution >= 0.6 is 0 Å². The van der Waals surface area contributed by atoms with E-state index in [1.165, 1.54) is 23.6 Å². The summed E-state index contributed by atoms with van der Waals surface area (Å²) in [7, 11) is -3.57. The van der Waals surface area contributed by atoms with Crippen LogP contribution in [0, 0.1) is 19.8 Å². The molecule has 1 aliphatic rings. The van der Waals surface area contributed by atoms with Crippen molar-refractivity contribution < 1.29 is 13.2 Å². The van der Waals surface area contributed by atoms with Crippen LogP contribution in [0.2, 0.25) is 0 Å². The number of nitrogens with one attached hydrogen (secondary N) is 1. The molecule has 0 bridgehead atoms. The van der Waals surface area contributed by atoms with Gasteiger partial charge in [0.05, 0.1) is 11.9 Å². The molecule has 1 aromatic carbocycles. The molecule has 1 atom stereocenters. The molecule has 1 N–H and O–H groups in total. The maximum Gasteiger partial charge on any atom is 0.243 e. The Labute approximate surface area is 151 Å². The lowest BCUT2D eigenvalue weighted by molar-refractivity contribution is -0.122. The van der Waals surface area contributed by atoms with Gasteiger partial charge in [0.1, 0.15) is 6.04 Å². The highest BCUT2D eigenvalue weighted by molar-refractivity contribution is 7.92. The average molecular weight is 367 g/mol. The fourth-order valence-corrected chi connectivity index (χ4v) is 4.75. The monoisotopic (exact) mass is 366 g/mol. The molecule has 25 heavy (non-hydrogen) atoms. The normalized spacial score (nSPS) is 17.1. The Bertz CT molecular complexity index is 709.